The highest BCUT2D eigenvalue weighted by Gasteiger charge is 2.37. The maximum atomic E-state index is 12.6. The molecule has 26 heavy (non-hydrogen) atoms. The summed E-state index contributed by atoms with van der Waals surface area (Å²) in [5, 5.41) is 3.36. The normalized spacial score (nSPS) is 17.5. The molecule has 0 aliphatic carbocycles. The van der Waals surface area contributed by atoms with Crippen LogP contribution in [-0.2, 0) is 9.59 Å². The van der Waals surface area contributed by atoms with Crippen LogP contribution in [-0.4, -0.2) is 24.9 Å². The fraction of sp³-hybridized carbons (Fsp3) is 0.263. The molecule has 2 aromatic rings. The van der Waals surface area contributed by atoms with Crippen LogP contribution in [0.5, 0.6) is 0 Å². The summed E-state index contributed by atoms with van der Waals surface area (Å²) in [5.41, 5.74) is 7.75. The van der Waals surface area contributed by atoms with Gasteiger partial charge in [0.2, 0.25) is 11.8 Å². The van der Waals surface area contributed by atoms with Crippen LogP contribution in [0.4, 0.5) is 5.69 Å². The van der Waals surface area contributed by atoms with E-state index in [2.05, 4.69) is 5.32 Å². The summed E-state index contributed by atoms with van der Waals surface area (Å²) >= 11 is 5.98. The van der Waals surface area contributed by atoms with Crippen molar-refractivity contribution < 1.29 is 9.59 Å². The number of nitrogens with zero attached hydrogens (tertiary/aromatic N) is 1. The van der Waals surface area contributed by atoms with E-state index in [0.29, 0.717) is 30.2 Å². The lowest BCUT2D eigenvalue weighted by molar-refractivity contribution is -0.132. The average Bonchev–Trinajstić information content (AvgIpc) is 3.01. The van der Waals surface area contributed by atoms with E-state index in [4.69, 9.17) is 17.3 Å². The van der Waals surface area contributed by atoms with Gasteiger partial charge in [0, 0.05) is 29.8 Å². The first kappa shape index (κ1) is 20.2. The minimum Gasteiger partial charge on any atom is -0.354 e. The Kier molecular flexibility index (Phi) is 7.03. The molecule has 0 spiro atoms. The van der Waals surface area contributed by atoms with Gasteiger partial charge in [-0.2, -0.15) is 0 Å². The van der Waals surface area contributed by atoms with Gasteiger partial charge in [-0.3, -0.25) is 9.59 Å². The molecule has 3 N–H and O–H groups in total. The number of halogens is 2. The topological polar surface area (TPSA) is 75.4 Å². The number of nitrogens with two attached hydrogens (primary N) is 1. The van der Waals surface area contributed by atoms with Gasteiger partial charge in [0.25, 0.3) is 0 Å². The van der Waals surface area contributed by atoms with Crippen LogP contribution in [0, 0.1) is 5.92 Å². The van der Waals surface area contributed by atoms with Crippen molar-refractivity contribution in [3.63, 3.8) is 0 Å². The van der Waals surface area contributed by atoms with Gasteiger partial charge >= 0.3 is 0 Å². The zero-order valence-electron chi connectivity index (χ0n) is 14.1. The van der Waals surface area contributed by atoms with Crippen molar-refractivity contribution in [2.75, 3.05) is 18.0 Å². The Bertz CT molecular complexity index is 770. The molecular formula is C19H21Cl2N3O2. The molecule has 138 valence electrons. The number of anilines is 1. The second-order valence-corrected chi connectivity index (χ2v) is 6.51. The van der Waals surface area contributed by atoms with E-state index in [-0.39, 0.29) is 30.3 Å². The van der Waals surface area contributed by atoms with Crippen molar-refractivity contribution in [1.29, 1.82) is 0 Å². The largest absolute Gasteiger partial charge is 0.354 e. The molecule has 7 heteroatoms. The van der Waals surface area contributed by atoms with Crippen LogP contribution < -0.4 is 16.0 Å². The summed E-state index contributed by atoms with van der Waals surface area (Å²) in [6.45, 7) is 0.797. The highest BCUT2D eigenvalue weighted by Crippen LogP contribution is 2.27. The minimum absolute atomic E-state index is 0. The highest BCUT2D eigenvalue weighted by molar-refractivity contribution is 6.31. The van der Waals surface area contributed by atoms with Gasteiger partial charge in [0.1, 0.15) is 5.92 Å². The van der Waals surface area contributed by atoms with Crippen molar-refractivity contribution in [3.8, 4) is 0 Å². The Labute approximate surface area is 163 Å². The fourth-order valence-corrected chi connectivity index (χ4v) is 3.16. The van der Waals surface area contributed by atoms with E-state index in [1.807, 2.05) is 36.4 Å². The number of nitrogens with one attached hydrogen (secondary N) is 1. The summed E-state index contributed by atoms with van der Waals surface area (Å²) in [7, 11) is 0. The van der Waals surface area contributed by atoms with Gasteiger partial charge < -0.3 is 16.0 Å². The predicted octanol–water partition coefficient (Wildman–Crippen LogP) is 2.93. The average molecular weight is 394 g/mol. The number of carbonyl (C=O) groups is 2. The third-order valence-electron chi connectivity index (χ3n) is 4.37. The standard InChI is InChI=1S/C19H20ClN3O2.ClH/c20-14-7-4-8-15(11-14)23-10-9-16(19(23)25)18(24)22-12-17(21)13-5-2-1-3-6-13;/h1-8,11,16-17H,9-10,12,21H2,(H,22,24);1H. The van der Waals surface area contributed by atoms with Crippen molar-refractivity contribution in [2.24, 2.45) is 11.7 Å². The molecule has 1 fully saturated rings. The first-order valence-electron chi connectivity index (χ1n) is 8.21. The minimum atomic E-state index is -0.679. The molecule has 2 unspecified atom stereocenters. The summed E-state index contributed by atoms with van der Waals surface area (Å²) in [5.74, 6) is -1.16. The van der Waals surface area contributed by atoms with Crippen molar-refractivity contribution in [3.05, 3.63) is 65.2 Å². The molecule has 1 aliphatic rings. The van der Waals surface area contributed by atoms with Gasteiger partial charge in [-0.25, -0.2) is 0 Å². The molecule has 2 amide bonds. The van der Waals surface area contributed by atoms with E-state index >= 15 is 0 Å². The number of amides is 2. The second-order valence-electron chi connectivity index (χ2n) is 6.07. The first-order chi connectivity index (χ1) is 12.1. The molecule has 0 saturated carbocycles. The molecule has 0 radical (unpaired) electrons. The summed E-state index contributed by atoms with van der Waals surface area (Å²) in [4.78, 5) is 26.6. The van der Waals surface area contributed by atoms with E-state index in [9.17, 15) is 9.59 Å². The lowest BCUT2D eigenvalue weighted by atomic mass is 10.1. The van der Waals surface area contributed by atoms with Gasteiger partial charge in [-0.1, -0.05) is 48.0 Å². The smallest absolute Gasteiger partial charge is 0.239 e. The Hall–Kier alpha value is -2.08. The number of hydrogen-bond donors (Lipinski definition) is 2. The molecule has 2 aromatic carbocycles. The van der Waals surface area contributed by atoms with Gasteiger partial charge in [0.15, 0.2) is 0 Å². The van der Waals surface area contributed by atoms with E-state index in [1.54, 1.807) is 23.1 Å². The van der Waals surface area contributed by atoms with Crippen LogP contribution in [0.1, 0.15) is 18.0 Å². The molecule has 1 aliphatic heterocycles. The first-order valence-corrected chi connectivity index (χ1v) is 8.59. The SMILES string of the molecule is Cl.NC(CNC(=O)C1CCN(c2cccc(Cl)c2)C1=O)c1ccccc1. The van der Waals surface area contributed by atoms with Crippen molar-refractivity contribution >= 4 is 41.5 Å². The third kappa shape index (κ3) is 4.55. The quantitative estimate of drug-likeness (QED) is 0.766. The Morgan fingerprint density at radius 2 is 1.96 bits per heavy atom. The van der Waals surface area contributed by atoms with Crippen molar-refractivity contribution in [1.82, 2.24) is 5.32 Å². The van der Waals surface area contributed by atoms with E-state index in [0.717, 1.165) is 5.56 Å². The zero-order valence-corrected chi connectivity index (χ0v) is 15.7. The molecule has 1 saturated heterocycles. The Morgan fingerprint density at radius 3 is 2.65 bits per heavy atom. The molecule has 5 nitrogen and oxygen atoms in total. The van der Waals surface area contributed by atoms with Crippen LogP contribution in [0.25, 0.3) is 0 Å². The predicted molar refractivity (Wildman–Crippen MR) is 106 cm³/mol. The van der Waals surface area contributed by atoms with Crippen LogP contribution in [0.15, 0.2) is 54.6 Å². The molecule has 0 bridgehead atoms. The summed E-state index contributed by atoms with van der Waals surface area (Å²) in [6.07, 6.45) is 0.484. The number of benzene rings is 2. The second kappa shape index (κ2) is 9.03. The monoisotopic (exact) mass is 393 g/mol. The maximum absolute atomic E-state index is 12.6. The lowest BCUT2D eigenvalue weighted by Crippen LogP contribution is -2.39. The van der Waals surface area contributed by atoms with Gasteiger partial charge in [-0.05, 0) is 30.2 Å². The zero-order chi connectivity index (χ0) is 17.8. The maximum Gasteiger partial charge on any atom is 0.239 e. The summed E-state index contributed by atoms with van der Waals surface area (Å²) < 4.78 is 0. The van der Waals surface area contributed by atoms with Gasteiger partial charge in [-0.15, -0.1) is 12.4 Å². The molecule has 3 rings (SSSR count). The molecular weight excluding hydrogens is 373 g/mol. The van der Waals surface area contributed by atoms with Gasteiger partial charge in [0.05, 0.1) is 0 Å². The number of carbonyl (C=O) groups excluding carboxylic acids is 2. The van der Waals surface area contributed by atoms with Crippen LogP contribution >= 0.6 is 24.0 Å². The van der Waals surface area contributed by atoms with E-state index in [1.165, 1.54) is 0 Å². The molecule has 2 atom stereocenters. The van der Waals surface area contributed by atoms with Crippen molar-refractivity contribution in [2.45, 2.75) is 12.5 Å². The van der Waals surface area contributed by atoms with E-state index < -0.39 is 5.92 Å². The lowest BCUT2D eigenvalue weighted by Gasteiger charge is -2.18. The Morgan fingerprint density at radius 1 is 1.23 bits per heavy atom. The fourth-order valence-electron chi connectivity index (χ4n) is 2.98. The van der Waals surface area contributed by atoms with Crippen LogP contribution in [0.3, 0.4) is 0 Å². The molecule has 0 aromatic heterocycles. The third-order valence-corrected chi connectivity index (χ3v) is 4.60. The Balaban J connectivity index is 0.00000243. The number of hydrogen-bond acceptors (Lipinski definition) is 3. The highest BCUT2D eigenvalue weighted by atomic mass is 35.5. The molecule has 1 heterocycles. The summed E-state index contributed by atoms with van der Waals surface area (Å²) in [6, 6.07) is 16.3. The van der Waals surface area contributed by atoms with Crippen LogP contribution in [0.2, 0.25) is 5.02 Å². The number of rotatable bonds is 5.